The number of rotatable bonds is 3. The number of carbonyl (C=O) groups excluding carboxylic acids is 2. The van der Waals surface area contributed by atoms with Crippen LogP contribution in [0.1, 0.15) is 40.0 Å². The molecule has 1 rings (SSSR count). The van der Waals surface area contributed by atoms with E-state index in [0.29, 0.717) is 0 Å². The molecule has 13 heavy (non-hydrogen) atoms. The third kappa shape index (κ3) is 1.74. The maximum Gasteiger partial charge on any atom is 0.233 e. The summed E-state index contributed by atoms with van der Waals surface area (Å²) < 4.78 is 0. The maximum absolute atomic E-state index is 11.4. The minimum atomic E-state index is -0.508. The average molecular weight is 183 g/mol. The second-order valence-corrected chi connectivity index (χ2v) is 4.23. The number of imide groups is 1. The lowest BCUT2D eigenvalue weighted by atomic mass is 9.78. The third-order valence-electron chi connectivity index (χ3n) is 2.86. The van der Waals surface area contributed by atoms with Crippen molar-refractivity contribution in [3.05, 3.63) is 0 Å². The molecule has 1 aliphatic rings. The monoisotopic (exact) mass is 183 g/mol. The zero-order valence-corrected chi connectivity index (χ0v) is 8.52. The normalized spacial score (nSPS) is 26.2. The van der Waals surface area contributed by atoms with Crippen molar-refractivity contribution in [1.29, 1.82) is 0 Å². The van der Waals surface area contributed by atoms with Crippen molar-refractivity contribution < 1.29 is 9.59 Å². The van der Waals surface area contributed by atoms with Crippen LogP contribution < -0.4 is 5.32 Å². The highest BCUT2D eigenvalue weighted by Gasteiger charge is 2.47. The molecule has 0 spiro atoms. The van der Waals surface area contributed by atoms with Crippen LogP contribution in [0.25, 0.3) is 0 Å². The molecule has 0 saturated carbocycles. The van der Waals surface area contributed by atoms with Crippen LogP contribution in [0.4, 0.5) is 0 Å². The first kappa shape index (κ1) is 10.2. The standard InChI is InChI=1S/C10H17NO2/c1-4-5-6-7-8(12)11-9(13)10(7,2)3/h7H,4-6H2,1-3H3,(H,11,12,13). The highest BCUT2D eigenvalue weighted by atomic mass is 16.2. The van der Waals surface area contributed by atoms with Gasteiger partial charge in [0.25, 0.3) is 0 Å². The molecule has 1 fully saturated rings. The molecular weight excluding hydrogens is 166 g/mol. The Balaban J connectivity index is 2.71. The minimum Gasteiger partial charge on any atom is -0.296 e. The highest BCUT2D eigenvalue weighted by molar-refractivity contribution is 6.06. The Kier molecular flexibility index (Phi) is 2.74. The molecule has 74 valence electrons. The second kappa shape index (κ2) is 3.48. The Labute approximate surface area is 78.9 Å². The fourth-order valence-corrected chi connectivity index (χ4v) is 1.75. The summed E-state index contributed by atoms with van der Waals surface area (Å²) in [4.78, 5) is 22.7. The molecule has 3 nitrogen and oxygen atoms in total. The molecule has 0 radical (unpaired) electrons. The molecule has 3 heteroatoms. The molecule has 1 aliphatic heterocycles. The van der Waals surface area contributed by atoms with Crippen molar-refractivity contribution in [1.82, 2.24) is 5.32 Å². The van der Waals surface area contributed by atoms with E-state index in [1.165, 1.54) is 0 Å². The summed E-state index contributed by atoms with van der Waals surface area (Å²) in [5.41, 5.74) is -0.508. The fraction of sp³-hybridized carbons (Fsp3) is 0.800. The van der Waals surface area contributed by atoms with Crippen molar-refractivity contribution in [2.75, 3.05) is 0 Å². The van der Waals surface area contributed by atoms with Crippen LogP contribution in [0, 0.1) is 11.3 Å². The van der Waals surface area contributed by atoms with Gasteiger partial charge in [0.15, 0.2) is 0 Å². The Morgan fingerprint density at radius 3 is 2.38 bits per heavy atom. The summed E-state index contributed by atoms with van der Waals surface area (Å²) in [6.07, 6.45) is 2.89. The van der Waals surface area contributed by atoms with Gasteiger partial charge in [0.1, 0.15) is 0 Å². The van der Waals surface area contributed by atoms with Gasteiger partial charge in [-0.1, -0.05) is 33.6 Å². The second-order valence-electron chi connectivity index (χ2n) is 4.23. The summed E-state index contributed by atoms with van der Waals surface area (Å²) >= 11 is 0. The summed E-state index contributed by atoms with van der Waals surface area (Å²) in [6.45, 7) is 5.77. The first-order chi connectivity index (χ1) is 6.00. The molecule has 1 N–H and O–H groups in total. The smallest absolute Gasteiger partial charge is 0.233 e. The van der Waals surface area contributed by atoms with E-state index in [9.17, 15) is 9.59 Å². The Morgan fingerprint density at radius 1 is 1.38 bits per heavy atom. The first-order valence-electron chi connectivity index (χ1n) is 4.85. The summed E-state index contributed by atoms with van der Waals surface area (Å²) in [7, 11) is 0. The Morgan fingerprint density at radius 2 is 2.00 bits per heavy atom. The van der Waals surface area contributed by atoms with Gasteiger partial charge in [-0.25, -0.2) is 0 Å². The predicted molar refractivity (Wildman–Crippen MR) is 49.9 cm³/mol. The van der Waals surface area contributed by atoms with Gasteiger partial charge in [-0.15, -0.1) is 0 Å². The summed E-state index contributed by atoms with van der Waals surface area (Å²) in [5, 5.41) is 2.39. The van der Waals surface area contributed by atoms with E-state index in [1.807, 2.05) is 13.8 Å². The van der Waals surface area contributed by atoms with E-state index in [0.717, 1.165) is 19.3 Å². The van der Waals surface area contributed by atoms with Crippen LogP contribution in [0.2, 0.25) is 0 Å². The van der Waals surface area contributed by atoms with E-state index >= 15 is 0 Å². The SMILES string of the molecule is CCCCC1C(=O)NC(=O)C1(C)C. The van der Waals surface area contributed by atoms with Crippen LogP contribution in [-0.2, 0) is 9.59 Å². The lowest BCUT2D eigenvalue weighted by Crippen LogP contribution is -2.28. The van der Waals surface area contributed by atoms with Crippen molar-refractivity contribution in [2.24, 2.45) is 11.3 Å². The van der Waals surface area contributed by atoms with Gasteiger partial charge in [-0.05, 0) is 6.42 Å². The lowest BCUT2D eigenvalue weighted by molar-refractivity contribution is -0.127. The van der Waals surface area contributed by atoms with E-state index < -0.39 is 5.41 Å². The number of amides is 2. The van der Waals surface area contributed by atoms with E-state index in [-0.39, 0.29) is 17.7 Å². The summed E-state index contributed by atoms with van der Waals surface area (Å²) in [5.74, 6) is -0.345. The molecular formula is C10H17NO2. The number of hydrogen-bond donors (Lipinski definition) is 1. The maximum atomic E-state index is 11.4. The number of nitrogens with one attached hydrogen (secondary N) is 1. The molecule has 1 heterocycles. The number of unbranched alkanes of at least 4 members (excludes halogenated alkanes) is 1. The van der Waals surface area contributed by atoms with Crippen molar-refractivity contribution >= 4 is 11.8 Å². The summed E-state index contributed by atoms with van der Waals surface area (Å²) in [6, 6.07) is 0. The van der Waals surface area contributed by atoms with Gasteiger partial charge < -0.3 is 0 Å². The molecule has 1 unspecified atom stereocenters. The van der Waals surface area contributed by atoms with Crippen LogP contribution in [0.5, 0.6) is 0 Å². The largest absolute Gasteiger partial charge is 0.296 e. The van der Waals surface area contributed by atoms with Crippen LogP contribution >= 0.6 is 0 Å². The van der Waals surface area contributed by atoms with Crippen LogP contribution in [0.15, 0.2) is 0 Å². The zero-order chi connectivity index (χ0) is 10.1. The van der Waals surface area contributed by atoms with Crippen LogP contribution in [0.3, 0.4) is 0 Å². The molecule has 1 atom stereocenters. The Bertz CT molecular complexity index is 233. The molecule has 1 saturated heterocycles. The van der Waals surface area contributed by atoms with E-state index in [1.54, 1.807) is 0 Å². The van der Waals surface area contributed by atoms with Gasteiger partial charge in [0, 0.05) is 0 Å². The third-order valence-corrected chi connectivity index (χ3v) is 2.86. The number of hydrogen-bond acceptors (Lipinski definition) is 2. The van der Waals surface area contributed by atoms with Crippen molar-refractivity contribution in [2.45, 2.75) is 40.0 Å². The average Bonchev–Trinajstić information content (AvgIpc) is 2.21. The van der Waals surface area contributed by atoms with Crippen LogP contribution in [-0.4, -0.2) is 11.8 Å². The Hall–Kier alpha value is -0.860. The lowest BCUT2D eigenvalue weighted by Gasteiger charge is -2.21. The van der Waals surface area contributed by atoms with Gasteiger partial charge >= 0.3 is 0 Å². The predicted octanol–water partition coefficient (Wildman–Crippen LogP) is 1.48. The minimum absolute atomic E-state index is 0.0940. The van der Waals surface area contributed by atoms with Gasteiger partial charge in [0.05, 0.1) is 11.3 Å². The van der Waals surface area contributed by atoms with Crippen molar-refractivity contribution in [3.63, 3.8) is 0 Å². The molecule has 0 aromatic carbocycles. The van der Waals surface area contributed by atoms with E-state index in [2.05, 4.69) is 12.2 Å². The van der Waals surface area contributed by atoms with Gasteiger partial charge in [-0.2, -0.15) is 0 Å². The molecule has 0 aromatic rings. The fourth-order valence-electron chi connectivity index (χ4n) is 1.75. The highest BCUT2D eigenvalue weighted by Crippen LogP contribution is 2.35. The van der Waals surface area contributed by atoms with E-state index in [4.69, 9.17) is 0 Å². The van der Waals surface area contributed by atoms with Gasteiger partial charge in [0.2, 0.25) is 11.8 Å². The molecule has 0 aliphatic carbocycles. The molecule has 2 amide bonds. The molecule has 0 aromatic heterocycles. The number of carbonyl (C=O) groups is 2. The zero-order valence-electron chi connectivity index (χ0n) is 8.52. The van der Waals surface area contributed by atoms with Crippen molar-refractivity contribution in [3.8, 4) is 0 Å². The molecule has 0 bridgehead atoms. The quantitative estimate of drug-likeness (QED) is 0.673. The topological polar surface area (TPSA) is 46.2 Å². The first-order valence-corrected chi connectivity index (χ1v) is 4.85. The van der Waals surface area contributed by atoms with Gasteiger partial charge in [-0.3, -0.25) is 14.9 Å².